The molecule has 1 heterocycles. The summed E-state index contributed by atoms with van der Waals surface area (Å²) in [7, 11) is 0. The first-order valence-electron chi connectivity index (χ1n) is 6.21. The first kappa shape index (κ1) is 12.0. The predicted octanol–water partition coefficient (Wildman–Crippen LogP) is 2.25. The molecule has 0 aromatic heterocycles. The second-order valence-corrected chi connectivity index (χ2v) is 4.71. The van der Waals surface area contributed by atoms with Crippen LogP contribution in [0.5, 0.6) is 0 Å². The van der Waals surface area contributed by atoms with Crippen molar-refractivity contribution in [3.63, 3.8) is 0 Å². The number of nitrogens with one attached hydrogen (secondary N) is 1. The second kappa shape index (κ2) is 6.41. The molecule has 0 amide bonds. The number of hydrogen-bond donors (Lipinski definition) is 1. The van der Waals surface area contributed by atoms with Crippen LogP contribution in [0.4, 0.5) is 0 Å². The fourth-order valence-corrected chi connectivity index (χ4v) is 2.10. The number of piperidine rings is 1. The average Bonchev–Trinajstić information content (AvgIpc) is 2.19. The Hall–Kier alpha value is -0.0800. The summed E-state index contributed by atoms with van der Waals surface area (Å²) < 4.78 is 0. The number of unbranched alkanes of at least 4 members (excludes halogenated alkanes) is 1. The molecule has 0 aromatic rings. The van der Waals surface area contributed by atoms with Crippen molar-refractivity contribution in [2.75, 3.05) is 19.6 Å². The van der Waals surface area contributed by atoms with Gasteiger partial charge in [0.1, 0.15) is 0 Å². The zero-order valence-corrected chi connectivity index (χ0v) is 10.1. The molecule has 0 radical (unpaired) electrons. The third-order valence-electron chi connectivity index (χ3n) is 3.22. The molecule has 0 aromatic carbocycles. The Morgan fingerprint density at radius 3 is 2.43 bits per heavy atom. The lowest BCUT2D eigenvalue weighted by Gasteiger charge is -2.35. The van der Waals surface area contributed by atoms with Crippen LogP contribution in [0.3, 0.4) is 0 Å². The number of hydrogen-bond acceptors (Lipinski definition) is 2. The normalized spacial score (nSPS) is 20.6. The van der Waals surface area contributed by atoms with E-state index in [1.54, 1.807) is 0 Å². The lowest BCUT2D eigenvalue weighted by molar-refractivity contribution is 0.161. The summed E-state index contributed by atoms with van der Waals surface area (Å²) in [4.78, 5) is 2.58. The van der Waals surface area contributed by atoms with Crippen LogP contribution in [-0.2, 0) is 0 Å². The molecule has 0 unspecified atom stereocenters. The van der Waals surface area contributed by atoms with Crippen LogP contribution in [0.15, 0.2) is 0 Å². The van der Waals surface area contributed by atoms with Crippen molar-refractivity contribution >= 4 is 0 Å². The third-order valence-corrected chi connectivity index (χ3v) is 3.22. The fraction of sp³-hybridized carbons (Fsp3) is 1.00. The number of rotatable bonds is 5. The van der Waals surface area contributed by atoms with E-state index in [-0.39, 0.29) is 0 Å². The van der Waals surface area contributed by atoms with Crippen molar-refractivity contribution in [3.8, 4) is 0 Å². The van der Waals surface area contributed by atoms with E-state index in [0.29, 0.717) is 0 Å². The van der Waals surface area contributed by atoms with E-state index >= 15 is 0 Å². The van der Waals surface area contributed by atoms with Gasteiger partial charge >= 0.3 is 0 Å². The maximum absolute atomic E-state index is 3.66. The average molecular weight is 198 g/mol. The van der Waals surface area contributed by atoms with E-state index in [0.717, 1.165) is 12.1 Å². The van der Waals surface area contributed by atoms with Crippen molar-refractivity contribution in [2.45, 2.75) is 58.5 Å². The van der Waals surface area contributed by atoms with Crippen molar-refractivity contribution in [3.05, 3.63) is 0 Å². The summed E-state index contributed by atoms with van der Waals surface area (Å²) in [6, 6.07) is 1.52. The van der Waals surface area contributed by atoms with Gasteiger partial charge in [0.15, 0.2) is 0 Å². The number of likely N-dealkylation sites (tertiary alicyclic amines) is 1. The summed E-state index contributed by atoms with van der Waals surface area (Å²) in [5, 5.41) is 3.66. The molecule has 1 fully saturated rings. The Labute approximate surface area is 89.1 Å². The van der Waals surface area contributed by atoms with Crippen molar-refractivity contribution in [2.24, 2.45) is 0 Å². The van der Waals surface area contributed by atoms with Crippen molar-refractivity contribution in [1.29, 1.82) is 0 Å². The van der Waals surface area contributed by atoms with Gasteiger partial charge in [0.25, 0.3) is 0 Å². The lowest BCUT2D eigenvalue weighted by Crippen LogP contribution is -2.45. The molecule has 0 bridgehead atoms. The summed E-state index contributed by atoms with van der Waals surface area (Å²) in [6.45, 7) is 10.6. The van der Waals surface area contributed by atoms with Gasteiger partial charge in [0.05, 0.1) is 0 Å². The van der Waals surface area contributed by atoms with Gasteiger partial charge in [0.2, 0.25) is 0 Å². The predicted molar refractivity (Wildman–Crippen MR) is 62.6 cm³/mol. The van der Waals surface area contributed by atoms with E-state index in [1.807, 2.05) is 0 Å². The minimum atomic E-state index is 0.728. The standard InChI is InChI=1S/C12H26N2/c1-4-5-8-13-12-6-9-14(10-7-12)11(2)3/h11-13H,4-10H2,1-3H3. The van der Waals surface area contributed by atoms with Crippen LogP contribution < -0.4 is 5.32 Å². The molecule has 14 heavy (non-hydrogen) atoms. The largest absolute Gasteiger partial charge is 0.314 e. The molecule has 84 valence electrons. The second-order valence-electron chi connectivity index (χ2n) is 4.71. The molecular weight excluding hydrogens is 172 g/mol. The SMILES string of the molecule is CCCCNC1CCN(C(C)C)CC1. The number of nitrogens with zero attached hydrogens (tertiary/aromatic N) is 1. The maximum atomic E-state index is 3.66. The van der Waals surface area contributed by atoms with Crippen molar-refractivity contribution in [1.82, 2.24) is 10.2 Å². The monoisotopic (exact) mass is 198 g/mol. The van der Waals surface area contributed by atoms with Gasteiger partial charge in [-0.25, -0.2) is 0 Å². The maximum Gasteiger partial charge on any atom is 0.00914 e. The van der Waals surface area contributed by atoms with Gasteiger partial charge < -0.3 is 10.2 Å². The van der Waals surface area contributed by atoms with Crippen LogP contribution >= 0.6 is 0 Å². The van der Waals surface area contributed by atoms with Gasteiger partial charge in [-0.3, -0.25) is 0 Å². The molecule has 1 saturated heterocycles. The van der Waals surface area contributed by atoms with Gasteiger partial charge in [-0.05, 0) is 52.7 Å². The Kier molecular flexibility index (Phi) is 5.49. The molecule has 1 rings (SSSR count). The summed E-state index contributed by atoms with van der Waals surface area (Å²) in [5.74, 6) is 0. The molecule has 1 N–H and O–H groups in total. The van der Waals surface area contributed by atoms with Gasteiger partial charge in [0, 0.05) is 12.1 Å². The minimum absolute atomic E-state index is 0.728. The molecule has 0 saturated carbocycles. The van der Waals surface area contributed by atoms with E-state index in [1.165, 1.54) is 45.3 Å². The lowest BCUT2D eigenvalue weighted by atomic mass is 10.0. The molecule has 2 heteroatoms. The highest BCUT2D eigenvalue weighted by molar-refractivity contribution is 4.78. The molecule has 2 nitrogen and oxygen atoms in total. The van der Waals surface area contributed by atoms with E-state index in [9.17, 15) is 0 Å². The first-order chi connectivity index (χ1) is 6.74. The van der Waals surface area contributed by atoms with Crippen molar-refractivity contribution < 1.29 is 0 Å². The quantitative estimate of drug-likeness (QED) is 0.682. The Bertz CT molecular complexity index is 137. The Morgan fingerprint density at radius 1 is 1.29 bits per heavy atom. The van der Waals surface area contributed by atoms with E-state index in [2.05, 4.69) is 31.0 Å². The fourth-order valence-electron chi connectivity index (χ4n) is 2.10. The Morgan fingerprint density at radius 2 is 1.93 bits per heavy atom. The van der Waals surface area contributed by atoms with Gasteiger partial charge in [-0.15, -0.1) is 0 Å². The summed E-state index contributed by atoms with van der Waals surface area (Å²) in [6.07, 6.45) is 5.30. The molecule has 0 spiro atoms. The zero-order chi connectivity index (χ0) is 10.4. The molecule has 1 aliphatic rings. The third kappa shape index (κ3) is 3.97. The van der Waals surface area contributed by atoms with Gasteiger partial charge in [-0.2, -0.15) is 0 Å². The van der Waals surface area contributed by atoms with E-state index < -0.39 is 0 Å². The molecule has 0 atom stereocenters. The first-order valence-corrected chi connectivity index (χ1v) is 6.21. The van der Waals surface area contributed by atoms with Crippen LogP contribution in [0, 0.1) is 0 Å². The highest BCUT2D eigenvalue weighted by atomic mass is 15.2. The highest BCUT2D eigenvalue weighted by Crippen LogP contribution is 2.12. The summed E-state index contributed by atoms with van der Waals surface area (Å²) in [5.41, 5.74) is 0. The van der Waals surface area contributed by atoms with Crippen LogP contribution in [-0.4, -0.2) is 36.6 Å². The van der Waals surface area contributed by atoms with Gasteiger partial charge in [-0.1, -0.05) is 13.3 Å². The summed E-state index contributed by atoms with van der Waals surface area (Å²) >= 11 is 0. The smallest absolute Gasteiger partial charge is 0.00914 e. The highest BCUT2D eigenvalue weighted by Gasteiger charge is 2.19. The minimum Gasteiger partial charge on any atom is -0.314 e. The Balaban J connectivity index is 2.09. The molecular formula is C12H26N2. The van der Waals surface area contributed by atoms with Crippen LogP contribution in [0.2, 0.25) is 0 Å². The van der Waals surface area contributed by atoms with Crippen LogP contribution in [0.1, 0.15) is 46.5 Å². The molecule has 1 aliphatic heterocycles. The van der Waals surface area contributed by atoms with E-state index in [4.69, 9.17) is 0 Å². The molecule has 0 aliphatic carbocycles. The topological polar surface area (TPSA) is 15.3 Å². The zero-order valence-electron chi connectivity index (χ0n) is 10.1. The van der Waals surface area contributed by atoms with Crippen LogP contribution in [0.25, 0.3) is 0 Å².